The Morgan fingerprint density at radius 1 is 1.32 bits per heavy atom. The van der Waals surface area contributed by atoms with E-state index in [1.807, 2.05) is 13.8 Å². The number of hydrogen-bond acceptors (Lipinski definition) is 13. The fourth-order valence-corrected chi connectivity index (χ4v) is 7.05. The maximum atomic E-state index is 13.8. The highest BCUT2D eigenvalue weighted by Gasteiger charge is 2.55. The molecule has 44 heavy (non-hydrogen) atoms. The van der Waals surface area contributed by atoms with E-state index >= 15 is 0 Å². The number of urea groups is 1. The average Bonchev–Trinajstić information content (AvgIpc) is 3.73. The van der Waals surface area contributed by atoms with Crippen LogP contribution in [0.2, 0.25) is 0 Å². The van der Waals surface area contributed by atoms with Crippen LogP contribution in [0.1, 0.15) is 25.6 Å². The van der Waals surface area contributed by atoms with Crippen LogP contribution < -0.4 is 26.4 Å². The number of rotatable bonds is 12. The number of tetrazole rings is 1. The molecule has 18 nitrogen and oxygen atoms in total. The first-order valence-electron chi connectivity index (χ1n) is 13.2. The largest absolute Gasteiger partial charge is 0.477 e. The van der Waals surface area contributed by atoms with Crippen molar-refractivity contribution < 1.29 is 28.7 Å². The fourth-order valence-electron chi connectivity index (χ4n) is 4.83. The van der Waals surface area contributed by atoms with Crippen LogP contribution in [-0.4, -0.2) is 100 Å². The predicted molar refractivity (Wildman–Crippen MR) is 157 cm³/mol. The number of carboxylic acids is 1. The van der Waals surface area contributed by atoms with Gasteiger partial charge in [0.2, 0.25) is 11.1 Å². The van der Waals surface area contributed by atoms with Crippen LogP contribution >= 0.6 is 23.5 Å². The van der Waals surface area contributed by atoms with Crippen molar-refractivity contribution in [2.45, 2.75) is 36.5 Å². The van der Waals surface area contributed by atoms with Gasteiger partial charge in [0.25, 0.3) is 17.4 Å². The summed E-state index contributed by atoms with van der Waals surface area (Å²) in [5.74, 6) is -2.18. The number of thioether (sulfide) groups is 2. The highest BCUT2D eigenvalue weighted by atomic mass is 32.2. The summed E-state index contributed by atoms with van der Waals surface area (Å²) in [6.07, 6.45) is 2.40. The SMILES string of the molecule is CCN(CC)c1ncc(N(C(N)=O)C(C(=O)NC2C(=O)N3C(C(=O)O)=C(CSc4nn[nH]n4)CS[C@@H]23)c2ccco2)c(=O)[nH]1. The van der Waals surface area contributed by atoms with Gasteiger partial charge in [-0.1, -0.05) is 11.8 Å². The van der Waals surface area contributed by atoms with Crippen molar-refractivity contribution in [2.75, 3.05) is 34.4 Å². The third-order valence-electron chi connectivity index (χ3n) is 6.90. The highest BCUT2D eigenvalue weighted by Crippen LogP contribution is 2.41. The van der Waals surface area contributed by atoms with Gasteiger partial charge < -0.3 is 25.5 Å². The molecule has 20 heteroatoms. The molecule has 5 heterocycles. The molecule has 0 saturated carbocycles. The molecule has 3 aromatic rings. The summed E-state index contributed by atoms with van der Waals surface area (Å²) in [5.41, 5.74) is 4.91. The van der Waals surface area contributed by atoms with Gasteiger partial charge in [0.15, 0.2) is 6.04 Å². The van der Waals surface area contributed by atoms with Crippen molar-refractivity contribution in [1.29, 1.82) is 0 Å². The van der Waals surface area contributed by atoms with Crippen LogP contribution in [0.4, 0.5) is 16.4 Å². The third kappa shape index (κ3) is 5.72. The van der Waals surface area contributed by atoms with Crippen LogP contribution in [0.15, 0.2) is 50.2 Å². The molecule has 2 unspecified atom stereocenters. The molecule has 3 aromatic heterocycles. The molecule has 0 aliphatic carbocycles. The third-order valence-corrected chi connectivity index (χ3v) is 9.16. The van der Waals surface area contributed by atoms with Crippen molar-refractivity contribution >= 4 is 59.0 Å². The summed E-state index contributed by atoms with van der Waals surface area (Å²) in [6.45, 7) is 4.87. The monoisotopic (exact) mass is 645 g/mol. The number of carboxylic acid groups (broad SMARTS) is 1. The Balaban J connectivity index is 1.40. The van der Waals surface area contributed by atoms with Gasteiger partial charge in [0.05, 0.1) is 12.5 Å². The Morgan fingerprint density at radius 3 is 2.68 bits per heavy atom. The molecule has 0 radical (unpaired) electrons. The van der Waals surface area contributed by atoms with Gasteiger partial charge in [-0.25, -0.2) is 14.6 Å². The van der Waals surface area contributed by atoms with Gasteiger partial charge in [0, 0.05) is 24.6 Å². The number of nitrogens with two attached hydrogens (primary N) is 1. The van der Waals surface area contributed by atoms with Gasteiger partial charge in [-0.15, -0.1) is 22.0 Å². The van der Waals surface area contributed by atoms with Gasteiger partial charge in [-0.05, 0) is 36.8 Å². The number of aliphatic carboxylic acids is 1. The maximum Gasteiger partial charge on any atom is 0.352 e. The lowest BCUT2D eigenvalue weighted by molar-refractivity contribution is -0.150. The second kappa shape index (κ2) is 12.8. The van der Waals surface area contributed by atoms with Gasteiger partial charge >= 0.3 is 12.0 Å². The Bertz CT molecular complexity index is 1640. The van der Waals surface area contributed by atoms with E-state index in [-0.39, 0.29) is 34.6 Å². The van der Waals surface area contributed by atoms with E-state index in [9.17, 15) is 29.1 Å². The van der Waals surface area contributed by atoms with Crippen molar-refractivity contribution in [3.8, 4) is 0 Å². The summed E-state index contributed by atoms with van der Waals surface area (Å²) in [5, 5.41) is 25.5. The molecular formula is C24H27N11O7S2. The molecule has 0 spiro atoms. The summed E-state index contributed by atoms with van der Waals surface area (Å²) in [6, 6.07) is -1.00. The number of H-pyrrole nitrogens is 2. The minimum absolute atomic E-state index is 0.0413. The van der Waals surface area contributed by atoms with Gasteiger partial charge in [-0.3, -0.25) is 29.2 Å². The summed E-state index contributed by atoms with van der Waals surface area (Å²) in [4.78, 5) is 75.6. The zero-order chi connectivity index (χ0) is 31.5. The number of amides is 4. The maximum absolute atomic E-state index is 13.8. The zero-order valence-corrected chi connectivity index (χ0v) is 24.9. The molecule has 0 aromatic carbocycles. The number of β-lactam (4-membered cyclic amide) rings is 1. The second-order valence-corrected chi connectivity index (χ2v) is 11.4. The summed E-state index contributed by atoms with van der Waals surface area (Å²) in [7, 11) is 0. The number of furan rings is 1. The molecule has 1 fully saturated rings. The average molecular weight is 646 g/mol. The first-order valence-corrected chi connectivity index (χ1v) is 15.2. The van der Waals surface area contributed by atoms with Crippen molar-refractivity contribution in [1.82, 2.24) is 40.8 Å². The number of primary amides is 1. The van der Waals surface area contributed by atoms with E-state index in [4.69, 9.17) is 10.2 Å². The molecule has 1 saturated heterocycles. The van der Waals surface area contributed by atoms with Gasteiger partial charge in [0.1, 0.15) is 28.6 Å². The van der Waals surface area contributed by atoms with E-state index in [1.165, 1.54) is 30.2 Å². The first-order chi connectivity index (χ1) is 21.2. The van der Waals surface area contributed by atoms with E-state index in [1.54, 1.807) is 4.90 Å². The van der Waals surface area contributed by atoms with E-state index in [2.05, 4.69) is 35.9 Å². The normalized spacial score (nSPS) is 18.3. The Hall–Kier alpha value is -4.85. The molecule has 5 rings (SSSR count). The molecule has 4 amide bonds. The number of nitrogens with zero attached hydrogens (tertiary/aromatic N) is 7. The lowest BCUT2D eigenvalue weighted by atomic mass is 10.0. The van der Waals surface area contributed by atoms with Crippen molar-refractivity contribution in [3.63, 3.8) is 0 Å². The van der Waals surface area contributed by atoms with E-state index in [0.29, 0.717) is 23.8 Å². The van der Waals surface area contributed by atoms with Crippen molar-refractivity contribution in [2.24, 2.45) is 5.73 Å². The Kier molecular flexibility index (Phi) is 8.90. The van der Waals surface area contributed by atoms with Crippen LogP contribution in [0.3, 0.4) is 0 Å². The van der Waals surface area contributed by atoms with Crippen molar-refractivity contribution in [3.05, 3.63) is 52.0 Å². The molecule has 232 valence electrons. The van der Waals surface area contributed by atoms with Crippen LogP contribution in [0, 0.1) is 0 Å². The number of nitrogens with one attached hydrogen (secondary N) is 3. The zero-order valence-electron chi connectivity index (χ0n) is 23.3. The van der Waals surface area contributed by atoms with Crippen LogP contribution in [0.25, 0.3) is 0 Å². The lowest BCUT2D eigenvalue weighted by Crippen LogP contribution is -2.71. The number of aromatic amines is 2. The molecular weight excluding hydrogens is 618 g/mol. The summed E-state index contributed by atoms with van der Waals surface area (Å²) < 4.78 is 5.44. The predicted octanol–water partition coefficient (Wildman–Crippen LogP) is -0.120. The van der Waals surface area contributed by atoms with Gasteiger partial charge in [-0.2, -0.15) is 5.21 Å². The number of carbonyl (C=O) groups excluding carboxylic acids is 3. The van der Waals surface area contributed by atoms with E-state index in [0.717, 1.165) is 27.8 Å². The van der Waals surface area contributed by atoms with E-state index < -0.39 is 46.8 Å². The molecule has 0 bridgehead atoms. The number of anilines is 2. The molecule has 3 atom stereocenters. The Labute approximate surface area is 256 Å². The molecule has 6 N–H and O–H groups in total. The lowest BCUT2D eigenvalue weighted by Gasteiger charge is -2.49. The summed E-state index contributed by atoms with van der Waals surface area (Å²) >= 11 is 2.41. The smallest absolute Gasteiger partial charge is 0.352 e. The minimum atomic E-state index is -1.60. The first kappa shape index (κ1) is 30.6. The standard InChI is InChI=1S/C24H27N11O7S2/c1-3-33(4-2)23-26-8-12(17(36)28-23)34(22(25)41)16(13-6-5-7-42-13)18(37)27-14-19(38)35-15(21(39)40)11(9-43-20(14)35)10-44-24-29-31-32-30-24/h5-8,14,16,20H,3-4,9-10H2,1-2H3,(H2,25,41)(H,27,37)(H,39,40)(H,26,28,36)(H,29,30,31,32)/t14?,16?,20-/m0/s1. The topological polar surface area (TPSA) is 250 Å². The van der Waals surface area contributed by atoms with Crippen LogP contribution in [0.5, 0.6) is 0 Å². The highest BCUT2D eigenvalue weighted by molar-refractivity contribution is 8.01. The fraction of sp³-hybridized carbons (Fsp3) is 0.375. The Morgan fingerprint density at radius 2 is 2.09 bits per heavy atom. The second-order valence-electron chi connectivity index (χ2n) is 9.36. The quantitative estimate of drug-likeness (QED) is 0.127. The number of hydrogen-bond donors (Lipinski definition) is 5. The minimum Gasteiger partial charge on any atom is -0.477 e. The van der Waals surface area contributed by atoms with Crippen LogP contribution in [-0.2, 0) is 14.4 Å². The number of carbonyl (C=O) groups is 4. The molecule has 2 aliphatic rings. The number of aromatic nitrogens is 6. The molecule has 2 aliphatic heterocycles. The number of fused-ring (bicyclic) bond motifs is 1.